The fraction of sp³-hybridized carbons (Fsp3) is 0.185. The van der Waals surface area contributed by atoms with Crippen LogP contribution in [0.4, 0.5) is 5.82 Å². The Labute approximate surface area is 192 Å². The number of hydrogen-bond donors (Lipinski definition) is 1. The van der Waals surface area contributed by atoms with Gasteiger partial charge in [-0.15, -0.1) is 0 Å². The summed E-state index contributed by atoms with van der Waals surface area (Å²) in [5, 5.41) is 4.16. The number of carbonyl (C=O) groups excluding carboxylic acids is 1. The van der Waals surface area contributed by atoms with E-state index in [1.54, 1.807) is 30.3 Å². The predicted octanol–water partition coefficient (Wildman–Crippen LogP) is 6.41. The minimum Gasteiger partial charge on any atom is -0.330 e. The normalized spacial score (nSPS) is 11.5. The molecular formula is C27H25ClN2O2. The van der Waals surface area contributed by atoms with E-state index in [4.69, 9.17) is 11.6 Å². The predicted molar refractivity (Wildman–Crippen MR) is 133 cm³/mol. The minimum atomic E-state index is -0.272. The second kappa shape index (κ2) is 8.29. The number of carbonyl (C=O) groups is 1. The molecule has 1 heterocycles. The number of fused-ring (bicyclic) bond motifs is 1. The summed E-state index contributed by atoms with van der Waals surface area (Å²) in [5.74, 6) is 0.173. The lowest BCUT2D eigenvalue weighted by Crippen LogP contribution is -2.21. The van der Waals surface area contributed by atoms with E-state index in [-0.39, 0.29) is 16.8 Å². The maximum Gasteiger partial charge on any atom is 0.256 e. The van der Waals surface area contributed by atoms with Crippen molar-refractivity contribution in [2.75, 3.05) is 5.32 Å². The van der Waals surface area contributed by atoms with E-state index in [1.165, 1.54) is 0 Å². The Kier molecular flexibility index (Phi) is 5.66. The van der Waals surface area contributed by atoms with Crippen molar-refractivity contribution in [1.82, 2.24) is 4.57 Å². The lowest BCUT2D eigenvalue weighted by molar-refractivity contribution is 0.102. The molecule has 3 aromatic carbocycles. The number of para-hydroxylation sites is 1. The fourth-order valence-electron chi connectivity index (χ4n) is 3.82. The first-order valence-corrected chi connectivity index (χ1v) is 10.8. The van der Waals surface area contributed by atoms with Crippen LogP contribution in [-0.2, 0) is 12.5 Å². The van der Waals surface area contributed by atoms with Crippen LogP contribution >= 0.6 is 11.6 Å². The highest BCUT2D eigenvalue weighted by Crippen LogP contribution is 2.30. The summed E-state index contributed by atoms with van der Waals surface area (Å²) in [5.41, 5.74) is 3.41. The molecule has 0 saturated carbocycles. The molecule has 0 radical (unpaired) electrons. The zero-order valence-electron chi connectivity index (χ0n) is 18.6. The monoisotopic (exact) mass is 444 g/mol. The summed E-state index contributed by atoms with van der Waals surface area (Å²) in [4.78, 5) is 26.6. The first kappa shape index (κ1) is 21.8. The minimum absolute atomic E-state index is 0.000988. The molecule has 0 fully saturated rings. The van der Waals surface area contributed by atoms with Crippen LogP contribution in [-0.4, -0.2) is 10.5 Å². The number of aryl methyl sites for hydroxylation is 1. The molecule has 0 saturated heterocycles. The van der Waals surface area contributed by atoms with E-state index in [9.17, 15) is 9.59 Å². The van der Waals surface area contributed by atoms with Gasteiger partial charge in [-0.1, -0.05) is 68.8 Å². The highest BCUT2D eigenvalue weighted by Gasteiger charge is 2.20. The van der Waals surface area contributed by atoms with Gasteiger partial charge in [0.1, 0.15) is 5.82 Å². The summed E-state index contributed by atoms with van der Waals surface area (Å²) in [6.07, 6.45) is 0. The molecule has 1 aromatic heterocycles. The van der Waals surface area contributed by atoms with Crippen LogP contribution in [0.3, 0.4) is 0 Å². The van der Waals surface area contributed by atoms with Crippen LogP contribution in [0.5, 0.6) is 0 Å². The zero-order chi connectivity index (χ0) is 23.0. The maximum absolute atomic E-state index is 13.5. The van der Waals surface area contributed by atoms with Crippen molar-refractivity contribution >= 4 is 34.2 Å². The number of aromatic nitrogens is 1. The van der Waals surface area contributed by atoms with Gasteiger partial charge in [0.05, 0.1) is 11.1 Å². The van der Waals surface area contributed by atoms with Crippen molar-refractivity contribution in [3.05, 3.63) is 99.2 Å². The summed E-state index contributed by atoms with van der Waals surface area (Å²) >= 11 is 6.06. The molecule has 4 nitrogen and oxygen atoms in total. The van der Waals surface area contributed by atoms with Crippen LogP contribution in [0.2, 0.25) is 5.02 Å². The van der Waals surface area contributed by atoms with E-state index in [0.717, 1.165) is 11.1 Å². The van der Waals surface area contributed by atoms with Gasteiger partial charge >= 0.3 is 0 Å². The number of pyridine rings is 1. The Bertz CT molecular complexity index is 1360. The van der Waals surface area contributed by atoms with Gasteiger partial charge in [0.15, 0.2) is 5.43 Å². The van der Waals surface area contributed by atoms with Crippen molar-refractivity contribution in [2.45, 2.75) is 26.2 Å². The highest BCUT2D eigenvalue weighted by atomic mass is 35.5. The number of benzene rings is 3. The van der Waals surface area contributed by atoms with Crippen molar-refractivity contribution in [3.8, 4) is 11.1 Å². The first-order chi connectivity index (χ1) is 15.2. The van der Waals surface area contributed by atoms with Crippen molar-refractivity contribution in [2.24, 2.45) is 7.05 Å². The zero-order valence-corrected chi connectivity index (χ0v) is 19.3. The van der Waals surface area contributed by atoms with E-state index in [2.05, 4.69) is 26.1 Å². The molecule has 1 amide bonds. The molecule has 4 rings (SSSR count). The number of nitrogens with one attached hydrogen (secondary N) is 1. The Hall–Kier alpha value is -3.37. The van der Waals surface area contributed by atoms with Crippen LogP contribution in [0.25, 0.3) is 22.0 Å². The van der Waals surface area contributed by atoms with E-state index < -0.39 is 0 Å². The van der Waals surface area contributed by atoms with Crippen molar-refractivity contribution < 1.29 is 4.79 Å². The van der Waals surface area contributed by atoms with Crippen LogP contribution in [0.15, 0.2) is 77.6 Å². The number of hydrogen-bond acceptors (Lipinski definition) is 2. The van der Waals surface area contributed by atoms with Crippen LogP contribution in [0.1, 0.15) is 36.7 Å². The Morgan fingerprint density at radius 2 is 1.53 bits per heavy atom. The fourth-order valence-corrected chi connectivity index (χ4v) is 3.95. The van der Waals surface area contributed by atoms with Gasteiger partial charge in [-0.05, 0) is 52.9 Å². The molecule has 4 aromatic rings. The molecule has 0 aliphatic carbocycles. The van der Waals surface area contributed by atoms with Gasteiger partial charge < -0.3 is 9.88 Å². The van der Waals surface area contributed by atoms with Crippen LogP contribution < -0.4 is 10.7 Å². The van der Waals surface area contributed by atoms with Gasteiger partial charge in [-0.3, -0.25) is 9.59 Å². The second-order valence-electron chi connectivity index (χ2n) is 8.92. The van der Waals surface area contributed by atoms with E-state index >= 15 is 0 Å². The third-order valence-corrected chi connectivity index (χ3v) is 5.94. The highest BCUT2D eigenvalue weighted by molar-refractivity contribution is 6.30. The summed E-state index contributed by atoms with van der Waals surface area (Å²) in [7, 11) is 1.85. The number of anilines is 1. The van der Waals surface area contributed by atoms with Gasteiger partial charge in [0.2, 0.25) is 0 Å². The SMILES string of the molecule is Cn1c(NC(=O)c2ccc(C(C)(C)C)cc2)c(-c2ccc(Cl)cc2)c(=O)c2ccccc21. The maximum atomic E-state index is 13.5. The molecule has 0 aliphatic heterocycles. The molecule has 32 heavy (non-hydrogen) atoms. The lowest BCUT2D eigenvalue weighted by Gasteiger charge is -2.20. The summed E-state index contributed by atoms with van der Waals surface area (Å²) in [6.45, 7) is 6.39. The van der Waals surface area contributed by atoms with Gasteiger partial charge in [-0.2, -0.15) is 0 Å². The largest absolute Gasteiger partial charge is 0.330 e. The number of nitrogens with zero attached hydrogens (tertiary/aromatic N) is 1. The van der Waals surface area contributed by atoms with Crippen molar-refractivity contribution in [3.63, 3.8) is 0 Å². The van der Waals surface area contributed by atoms with E-state index in [1.807, 2.05) is 54.1 Å². The van der Waals surface area contributed by atoms with E-state index in [0.29, 0.717) is 32.9 Å². The molecular weight excluding hydrogens is 420 g/mol. The van der Waals surface area contributed by atoms with Gasteiger partial charge in [0, 0.05) is 23.0 Å². The number of amides is 1. The Balaban J connectivity index is 1.85. The average Bonchev–Trinajstić information content (AvgIpc) is 2.78. The molecule has 5 heteroatoms. The topological polar surface area (TPSA) is 51.1 Å². The molecule has 1 N–H and O–H groups in total. The van der Waals surface area contributed by atoms with Gasteiger partial charge in [0.25, 0.3) is 5.91 Å². The number of halogens is 1. The van der Waals surface area contributed by atoms with Crippen molar-refractivity contribution in [1.29, 1.82) is 0 Å². The van der Waals surface area contributed by atoms with Crippen LogP contribution in [0, 0.1) is 0 Å². The molecule has 0 spiro atoms. The molecule has 162 valence electrons. The third-order valence-electron chi connectivity index (χ3n) is 5.69. The molecule has 0 unspecified atom stereocenters. The molecule has 0 bridgehead atoms. The second-order valence-corrected chi connectivity index (χ2v) is 9.35. The molecule has 0 aliphatic rings. The standard InChI is InChI=1S/C27H25ClN2O2/c1-27(2,3)19-13-9-18(10-14-19)26(32)29-25-23(17-11-15-20(28)16-12-17)24(31)21-7-5-6-8-22(21)30(25)4/h5-16H,1-4H3,(H,29,32). The smallest absolute Gasteiger partial charge is 0.256 e. The Morgan fingerprint density at radius 3 is 2.16 bits per heavy atom. The lowest BCUT2D eigenvalue weighted by atomic mass is 9.87. The number of rotatable bonds is 3. The first-order valence-electron chi connectivity index (χ1n) is 10.5. The Morgan fingerprint density at radius 1 is 0.906 bits per heavy atom. The average molecular weight is 445 g/mol. The summed E-state index contributed by atoms with van der Waals surface area (Å²) in [6, 6.07) is 22.0. The summed E-state index contributed by atoms with van der Waals surface area (Å²) < 4.78 is 1.85. The third kappa shape index (κ3) is 4.06. The quantitative estimate of drug-likeness (QED) is 0.397. The molecule has 0 atom stereocenters. The van der Waals surface area contributed by atoms with Gasteiger partial charge in [-0.25, -0.2) is 0 Å².